The van der Waals surface area contributed by atoms with Crippen molar-refractivity contribution in [3.05, 3.63) is 23.8 Å². The molecule has 2 atom stereocenters. The Morgan fingerprint density at radius 2 is 2.15 bits per heavy atom. The van der Waals surface area contributed by atoms with Crippen LogP contribution in [0.4, 0.5) is 0 Å². The molecule has 0 radical (unpaired) electrons. The summed E-state index contributed by atoms with van der Waals surface area (Å²) in [4.78, 5) is 0. The van der Waals surface area contributed by atoms with Gasteiger partial charge in [-0.25, -0.2) is 0 Å². The van der Waals surface area contributed by atoms with Gasteiger partial charge < -0.3 is 19.5 Å². The fraction of sp³-hybridized carbons (Fsp3) is 0.625. The zero-order valence-electron chi connectivity index (χ0n) is 12.6. The SMILES string of the molecule is CCNC1CCOCC1Oc1ccc(CC)cc1OC. The smallest absolute Gasteiger partial charge is 0.161 e. The van der Waals surface area contributed by atoms with Gasteiger partial charge in [-0.05, 0) is 37.1 Å². The molecule has 1 aromatic rings. The molecule has 0 spiro atoms. The third-order valence-electron chi connectivity index (χ3n) is 3.69. The molecule has 0 bridgehead atoms. The molecule has 1 N–H and O–H groups in total. The molecule has 1 aliphatic rings. The van der Waals surface area contributed by atoms with Crippen molar-refractivity contribution in [1.29, 1.82) is 0 Å². The molecule has 0 saturated carbocycles. The van der Waals surface area contributed by atoms with Gasteiger partial charge in [0.05, 0.1) is 13.7 Å². The topological polar surface area (TPSA) is 39.7 Å². The second kappa shape index (κ2) is 7.50. The number of rotatable bonds is 6. The van der Waals surface area contributed by atoms with Crippen LogP contribution >= 0.6 is 0 Å². The van der Waals surface area contributed by atoms with Crippen molar-refractivity contribution in [1.82, 2.24) is 5.32 Å². The lowest BCUT2D eigenvalue weighted by Gasteiger charge is -2.32. The number of hydrogen-bond donors (Lipinski definition) is 1. The van der Waals surface area contributed by atoms with Crippen LogP contribution in [0.25, 0.3) is 0 Å². The number of hydrogen-bond acceptors (Lipinski definition) is 4. The fourth-order valence-corrected chi connectivity index (χ4v) is 2.52. The normalized spacial score (nSPS) is 22.6. The Hall–Kier alpha value is -1.26. The Kier molecular flexibility index (Phi) is 5.68. The monoisotopic (exact) mass is 279 g/mol. The summed E-state index contributed by atoms with van der Waals surface area (Å²) in [6.07, 6.45) is 2.00. The molecule has 0 aliphatic carbocycles. The number of nitrogens with one attached hydrogen (secondary N) is 1. The zero-order valence-corrected chi connectivity index (χ0v) is 12.6. The van der Waals surface area contributed by atoms with Gasteiger partial charge in [-0.1, -0.05) is 19.9 Å². The fourth-order valence-electron chi connectivity index (χ4n) is 2.52. The molecule has 112 valence electrons. The molecule has 0 amide bonds. The molecule has 4 nitrogen and oxygen atoms in total. The van der Waals surface area contributed by atoms with E-state index in [0.29, 0.717) is 12.6 Å². The van der Waals surface area contributed by atoms with Crippen molar-refractivity contribution in [3.63, 3.8) is 0 Å². The first-order valence-electron chi connectivity index (χ1n) is 7.43. The van der Waals surface area contributed by atoms with Gasteiger partial charge in [0, 0.05) is 12.6 Å². The second-order valence-electron chi connectivity index (χ2n) is 5.02. The van der Waals surface area contributed by atoms with Crippen LogP contribution in [0, 0.1) is 0 Å². The molecular formula is C16H25NO3. The highest BCUT2D eigenvalue weighted by atomic mass is 16.6. The summed E-state index contributed by atoms with van der Waals surface area (Å²) in [7, 11) is 1.68. The van der Waals surface area contributed by atoms with E-state index >= 15 is 0 Å². The Labute approximate surface area is 121 Å². The maximum Gasteiger partial charge on any atom is 0.161 e. The molecular weight excluding hydrogens is 254 g/mol. The van der Waals surface area contributed by atoms with E-state index in [2.05, 4.69) is 25.2 Å². The predicted molar refractivity (Wildman–Crippen MR) is 79.7 cm³/mol. The first kappa shape index (κ1) is 15.1. The first-order valence-corrected chi connectivity index (χ1v) is 7.43. The summed E-state index contributed by atoms with van der Waals surface area (Å²) in [5, 5.41) is 3.47. The summed E-state index contributed by atoms with van der Waals surface area (Å²) in [6.45, 7) is 6.60. The van der Waals surface area contributed by atoms with Crippen LogP contribution < -0.4 is 14.8 Å². The molecule has 2 unspecified atom stereocenters. The van der Waals surface area contributed by atoms with Crippen LogP contribution in [0.15, 0.2) is 18.2 Å². The highest BCUT2D eigenvalue weighted by molar-refractivity contribution is 5.43. The highest BCUT2D eigenvalue weighted by Crippen LogP contribution is 2.30. The van der Waals surface area contributed by atoms with E-state index < -0.39 is 0 Å². The van der Waals surface area contributed by atoms with Crippen molar-refractivity contribution in [2.75, 3.05) is 26.9 Å². The van der Waals surface area contributed by atoms with Crippen LogP contribution in [0.2, 0.25) is 0 Å². The first-order chi connectivity index (χ1) is 9.78. The van der Waals surface area contributed by atoms with Gasteiger partial charge in [-0.15, -0.1) is 0 Å². The van der Waals surface area contributed by atoms with Crippen molar-refractivity contribution in [3.8, 4) is 11.5 Å². The second-order valence-corrected chi connectivity index (χ2v) is 5.02. The molecule has 1 heterocycles. The lowest BCUT2D eigenvalue weighted by Crippen LogP contribution is -2.49. The Balaban J connectivity index is 2.11. The molecule has 0 aromatic heterocycles. The van der Waals surface area contributed by atoms with Crippen LogP contribution in [-0.2, 0) is 11.2 Å². The number of benzene rings is 1. The molecule has 1 saturated heterocycles. The predicted octanol–water partition coefficient (Wildman–Crippen LogP) is 2.40. The van der Waals surface area contributed by atoms with Crippen molar-refractivity contribution >= 4 is 0 Å². The number of likely N-dealkylation sites (N-methyl/N-ethyl adjacent to an activating group) is 1. The van der Waals surface area contributed by atoms with Crippen LogP contribution in [0.3, 0.4) is 0 Å². The molecule has 20 heavy (non-hydrogen) atoms. The van der Waals surface area contributed by atoms with E-state index in [0.717, 1.165) is 37.5 Å². The summed E-state index contributed by atoms with van der Waals surface area (Å²) in [5.41, 5.74) is 1.25. The molecule has 2 rings (SSSR count). The van der Waals surface area contributed by atoms with Gasteiger partial charge in [0.2, 0.25) is 0 Å². The minimum Gasteiger partial charge on any atom is -0.493 e. The maximum atomic E-state index is 6.13. The quantitative estimate of drug-likeness (QED) is 0.868. The summed E-state index contributed by atoms with van der Waals surface area (Å²) in [5.74, 6) is 1.59. The maximum absolute atomic E-state index is 6.13. The van der Waals surface area contributed by atoms with Crippen molar-refractivity contribution < 1.29 is 14.2 Å². The largest absolute Gasteiger partial charge is 0.493 e. The van der Waals surface area contributed by atoms with Gasteiger partial charge in [0.25, 0.3) is 0 Å². The van der Waals surface area contributed by atoms with E-state index in [9.17, 15) is 0 Å². The Morgan fingerprint density at radius 1 is 1.30 bits per heavy atom. The van der Waals surface area contributed by atoms with E-state index in [-0.39, 0.29) is 6.10 Å². The lowest BCUT2D eigenvalue weighted by molar-refractivity contribution is -0.0151. The Bertz CT molecular complexity index is 420. The highest BCUT2D eigenvalue weighted by Gasteiger charge is 2.27. The van der Waals surface area contributed by atoms with Crippen LogP contribution in [0.5, 0.6) is 11.5 Å². The third-order valence-corrected chi connectivity index (χ3v) is 3.69. The van der Waals surface area contributed by atoms with Gasteiger partial charge in [-0.3, -0.25) is 0 Å². The molecule has 1 aromatic carbocycles. The third kappa shape index (κ3) is 3.64. The zero-order chi connectivity index (χ0) is 14.4. The summed E-state index contributed by atoms with van der Waals surface area (Å²) >= 11 is 0. The Morgan fingerprint density at radius 3 is 2.85 bits per heavy atom. The van der Waals surface area contributed by atoms with Gasteiger partial charge in [0.1, 0.15) is 6.10 Å². The minimum absolute atomic E-state index is 0.0325. The van der Waals surface area contributed by atoms with Crippen molar-refractivity contribution in [2.45, 2.75) is 38.8 Å². The lowest BCUT2D eigenvalue weighted by atomic mass is 10.1. The average Bonchev–Trinajstić information content (AvgIpc) is 2.50. The molecule has 1 fully saturated rings. The number of methoxy groups -OCH3 is 1. The van der Waals surface area contributed by atoms with E-state index in [4.69, 9.17) is 14.2 Å². The van der Waals surface area contributed by atoms with Gasteiger partial charge in [-0.2, -0.15) is 0 Å². The number of ether oxygens (including phenoxy) is 3. The number of aryl methyl sites for hydroxylation is 1. The van der Waals surface area contributed by atoms with Crippen molar-refractivity contribution in [2.24, 2.45) is 0 Å². The van der Waals surface area contributed by atoms with E-state index in [1.807, 2.05) is 12.1 Å². The van der Waals surface area contributed by atoms with Crippen LogP contribution in [-0.4, -0.2) is 39.0 Å². The van der Waals surface area contributed by atoms with E-state index in [1.165, 1.54) is 5.56 Å². The standard InChI is InChI=1S/C16H25NO3/c1-4-12-6-7-14(15(10-12)18-3)20-16-11-19-9-8-13(16)17-5-2/h6-7,10,13,16-17H,4-5,8-9,11H2,1-3H3. The van der Waals surface area contributed by atoms with E-state index in [1.54, 1.807) is 7.11 Å². The van der Waals surface area contributed by atoms with Gasteiger partial charge in [0.15, 0.2) is 11.5 Å². The van der Waals surface area contributed by atoms with Crippen LogP contribution in [0.1, 0.15) is 25.8 Å². The summed E-state index contributed by atoms with van der Waals surface area (Å²) < 4.78 is 17.1. The minimum atomic E-state index is 0.0325. The van der Waals surface area contributed by atoms with Gasteiger partial charge >= 0.3 is 0 Å². The summed E-state index contributed by atoms with van der Waals surface area (Å²) in [6, 6.07) is 6.46. The molecule has 1 aliphatic heterocycles. The average molecular weight is 279 g/mol. The molecule has 4 heteroatoms.